The van der Waals surface area contributed by atoms with Gasteiger partial charge < -0.3 is 15.4 Å². The lowest BCUT2D eigenvalue weighted by Crippen LogP contribution is -2.15. The van der Waals surface area contributed by atoms with Crippen LogP contribution in [0.15, 0.2) is 46.9 Å². The Labute approximate surface area is 149 Å². The Balaban J connectivity index is 1.87. The fourth-order valence-electron chi connectivity index (χ4n) is 2.07. The van der Waals surface area contributed by atoms with Gasteiger partial charge in [0.1, 0.15) is 5.75 Å². The van der Waals surface area contributed by atoms with E-state index in [4.69, 9.17) is 4.74 Å². The second-order valence-corrected chi connectivity index (χ2v) is 6.23. The number of benzene rings is 2. The minimum Gasteiger partial charge on any atom is -0.493 e. The van der Waals surface area contributed by atoms with Crippen LogP contribution in [-0.4, -0.2) is 18.4 Å². The quantitative estimate of drug-likeness (QED) is 0.779. The summed E-state index contributed by atoms with van der Waals surface area (Å²) in [6.45, 7) is 3.62. The summed E-state index contributed by atoms with van der Waals surface area (Å²) in [7, 11) is 0. The van der Waals surface area contributed by atoms with Gasteiger partial charge in [0.25, 0.3) is 0 Å². The average Bonchev–Trinajstić information content (AvgIpc) is 2.50. The smallest absolute Gasteiger partial charge is 0.227 e. The number of aryl methyl sites for hydroxylation is 1. The Kier molecular flexibility index (Phi) is 6.37. The van der Waals surface area contributed by atoms with Crippen molar-refractivity contribution in [1.82, 2.24) is 0 Å². The summed E-state index contributed by atoms with van der Waals surface area (Å²) in [6, 6.07) is 12.8. The Morgan fingerprint density at radius 2 is 1.92 bits per heavy atom. The van der Waals surface area contributed by atoms with Gasteiger partial charge in [0.05, 0.1) is 13.0 Å². The molecular formula is C18H19BrN2O3. The van der Waals surface area contributed by atoms with Crippen LogP contribution in [-0.2, 0) is 9.59 Å². The highest BCUT2D eigenvalue weighted by molar-refractivity contribution is 9.10. The van der Waals surface area contributed by atoms with Gasteiger partial charge in [0, 0.05) is 22.8 Å². The molecule has 0 heterocycles. The summed E-state index contributed by atoms with van der Waals surface area (Å²) in [6.07, 6.45) is 0.232. The molecule has 0 spiro atoms. The molecule has 0 aliphatic heterocycles. The summed E-state index contributed by atoms with van der Waals surface area (Å²) in [4.78, 5) is 23.2. The maximum absolute atomic E-state index is 12.0. The second kappa shape index (κ2) is 8.49. The molecule has 2 amide bonds. The fraction of sp³-hybridized carbons (Fsp3) is 0.222. The van der Waals surface area contributed by atoms with Crippen LogP contribution in [0, 0.1) is 6.92 Å². The number of carbonyl (C=O) groups excluding carboxylic acids is 2. The highest BCUT2D eigenvalue weighted by atomic mass is 79.9. The van der Waals surface area contributed by atoms with Crippen LogP contribution in [0.4, 0.5) is 11.4 Å². The number of hydrogen-bond donors (Lipinski definition) is 2. The number of amides is 2. The molecule has 0 bridgehead atoms. The van der Waals surface area contributed by atoms with E-state index in [1.165, 1.54) is 6.92 Å². The lowest BCUT2D eigenvalue weighted by Gasteiger charge is -2.11. The summed E-state index contributed by atoms with van der Waals surface area (Å²) < 4.78 is 6.47. The monoisotopic (exact) mass is 390 g/mol. The predicted octanol–water partition coefficient (Wildman–Crippen LogP) is 4.12. The minimum absolute atomic E-state index is 0.149. The SMILES string of the molecule is CC(=O)Nc1cc(NC(=O)CCOc2cccc(Br)c2)ccc1C. The number of anilines is 2. The Morgan fingerprint density at radius 1 is 1.12 bits per heavy atom. The van der Waals surface area contributed by atoms with Crippen molar-refractivity contribution in [3.05, 3.63) is 52.5 Å². The van der Waals surface area contributed by atoms with Crippen LogP contribution in [0.3, 0.4) is 0 Å². The van der Waals surface area contributed by atoms with Gasteiger partial charge in [-0.25, -0.2) is 0 Å². The van der Waals surface area contributed by atoms with Crippen LogP contribution in [0.2, 0.25) is 0 Å². The average molecular weight is 391 g/mol. The Hall–Kier alpha value is -2.34. The van der Waals surface area contributed by atoms with Gasteiger partial charge in [-0.15, -0.1) is 0 Å². The fourth-order valence-corrected chi connectivity index (χ4v) is 2.44. The molecule has 0 radical (unpaired) electrons. The van der Waals surface area contributed by atoms with E-state index in [-0.39, 0.29) is 24.8 Å². The molecule has 0 aromatic heterocycles. The van der Waals surface area contributed by atoms with Crippen LogP contribution < -0.4 is 15.4 Å². The molecule has 24 heavy (non-hydrogen) atoms. The number of ether oxygens (including phenoxy) is 1. The molecule has 6 heteroatoms. The van der Waals surface area contributed by atoms with Gasteiger partial charge in [0.2, 0.25) is 11.8 Å². The summed E-state index contributed by atoms with van der Waals surface area (Å²) in [5.74, 6) is 0.409. The van der Waals surface area contributed by atoms with Crippen LogP contribution in [0.25, 0.3) is 0 Å². The largest absolute Gasteiger partial charge is 0.493 e. The summed E-state index contributed by atoms with van der Waals surface area (Å²) in [5.41, 5.74) is 2.25. The Morgan fingerprint density at radius 3 is 2.62 bits per heavy atom. The van der Waals surface area contributed by atoms with E-state index >= 15 is 0 Å². The van der Waals surface area contributed by atoms with Crippen molar-refractivity contribution in [3.8, 4) is 5.75 Å². The first kappa shape index (κ1) is 18.0. The first-order chi connectivity index (χ1) is 11.4. The molecule has 0 saturated heterocycles. The van der Waals surface area contributed by atoms with Crippen molar-refractivity contribution < 1.29 is 14.3 Å². The third-order valence-corrected chi connectivity index (χ3v) is 3.72. The van der Waals surface area contributed by atoms with Crippen molar-refractivity contribution in [2.75, 3.05) is 17.2 Å². The van der Waals surface area contributed by atoms with Gasteiger partial charge in [-0.3, -0.25) is 9.59 Å². The zero-order valence-corrected chi connectivity index (χ0v) is 15.1. The molecule has 2 aromatic rings. The number of nitrogens with one attached hydrogen (secondary N) is 2. The van der Waals surface area contributed by atoms with Gasteiger partial charge in [-0.05, 0) is 42.8 Å². The summed E-state index contributed by atoms with van der Waals surface area (Å²) in [5, 5.41) is 5.54. The zero-order chi connectivity index (χ0) is 17.5. The van der Waals surface area contributed by atoms with Gasteiger partial charge in [-0.2, -0.15) is 0 Å². The standard InChI is InChI=1S/C18H19BrN2O3/c1-12-6-7-15(11-17(12)20-13(2)22)21-18(23)8-9-24-16-5-3-4-14(19)10-16/h3-7,10-11H,8-9H2,1-2H3,(H,20,22)(H,21,23). The van der Waals surface area contributed by atoms with Gasteiger partial charge in [0.15, 0.2) is 0 Å². The zero-order valence-electron chi connectivity index (χ0n) is 13.6. The van der Waals surface area contributed by atoms with Gasteiger partial charge in [-0.1, -0.05) is 28.1 Å². The van der Waals surface area contributed by atoms with Crippen molar-refractivity contribution >= 4 is 39.1 Å². The van der Waals surface area contributed by atoms with Crippen molar-refractivity contribution in [1.29, 1.82) is 0 Å². The van der Waals surface area contributed by atoms with Crippen molar-refractivity contribution in [2.45, 2.75) is 20.3 Å². The normalized spacial score (nSPS) is 10.1. The molecule has 2 aromatic carbocycles. The molecule has 0 atom stereocenters. The predicted molar refractivity (Wildman–Crippen MR) is 98.4 cm³/mol. The first-order valence-corrected chi connectivity index (χ1v) is 8.30. The van der Waals surface area contributed by atoms with E-state index in [9.17, 15) is 9.59 Å². The number of hydrogen-bond acceptors (Lipinski definition) is 3. The number of rotatable bonds is 6. The molecule has 126 valence electrons. The molecule has 0 aliphatic carbocycles. The Bertz CT molecular complexity index is 747. The highest BCUT2D eigenvalue weighted by Crippen LogP contribution is 2.21. The molecule has 2 rings (SSSR count). The van der Waals surface area contributed by atoms with E-state index in [1.54, 1.807) is 12.1 Å². The highest BCUT2D eigenvalue weighted by Gasteiger charge is 2.06. The van der Waals surface area contributed by atoms with Crippen LogP contribution >= 0.6 is 15.9 Å². The third kappa shape index (κ3) is 5.70. The third-order valence-electron chi connectivity index (χ3n) is 3.23. The number of halogens is 1. The second-order valence-electron chi connectivity index (χ2n) is 5.31. The maximum atomic E-state index is 12.0. The van der Waals surface area contributed by atoms with Crippen LogP contribution in [0.1, 0.15) is 18.9 Å². The van der Waals surface area contributed by atoms with E-state index in [0.29, 0.717) is 17.1 Å². The van der Waals surface area contributed by atoms with E-state index in [0.717, 1.165) is 10.0 Å². The van der Waals surface area contributed by atoms with E-state index in [1.807, 2.05) is 37.3 Å². The molecule has 0 aliphatic rings. The minimum atomic E-state index is -0.150. The lowest BCUT2D eigenvalue weighted by molar-refractivity contribution is -0.116. The first-order valence-electron chi connectivity index (χ1n) is 7.50. The molecular weight excluding hydrogens is 372 g/mol. The summed E-state index contributed by atoms with van der Waals surface area (Å²) >= 11 is 3.37. The molecule has 5 nitrogen and oxygen atoms in total. The molecule has 0 saturated carbocycles. The number of carbonyl (C=O) groups is 2. The van der Waals surface area contributed by atoms with E-state index < -0.39 is 0 Å². The van der Waals surface area contributed by atoms with Gasteiger partial charge >= 0.3 is 0 Å². The molecule has 2 N–H and O–H groups in total. The van der Waals surface area contributed by atoms with Crippen molar-refractivity contribution in [3.63, 3.8) is 0 Å². The molecule has 0 unspecified atom stereocenters. The molecule has 0 fully saturated rings. The van der Waals surface area contributed by atoms with E-state index in [2.05, 4.69) is 26.6 Å². The lowest BCUT2D eigenvalue weighted by atomic mass is 10.1. The topological polar surface area (TPSA) is 67.4 Å². The maximum Gasteiger partial charge on any atom is 0.227 e. The van der Waals surface area contributed by atoms with Crippen LogP contribution in [0.5, 0.6) is 5.75 Å². The van der Waals surface area contributed by atoms with Crippen molar-refractivity contribution in [2.24, 2.45) is 0 Å².